The first-order valence-electron chi connectivity index (χ1n) is 6.37. The van der Waals surface area contributed by atoms with Gasteiger partial charge in [0.25, 0.3) is 0 Å². The van der Waals surface area contributed by atoms with Crippen molar-refractivity contribution in [3.8, 4) is 0 Å². The molecule has 0 radical (unpaired) electrons. The van der Waals surface area contributed by atoms with E-state index in [9.17, 15) is 0 Å². The highest BCUT2D eigenvalue weighted by Gasteiger charge is 1.95. The zero-order valence-corrected chi connectivity index (χ0v) is 11.1. The smallest absolute Gasteiger partial charge is 0.0437 e. The van der Waals surface area contributed by atoms with Crippen LogP contribution in [0, 0.1) is 0 Å². The van der Waals surface area contributed by atoms with Crippen LogP contribution in [-0.2, 0) is 11.2 Å². The van der Waals surface area contributed by atoms with E-state index in [1.165, 1.54) is 16.3 Å². The van der Waals surface area contributed by atoms with Crippen molar-refractivity contribution in [1.29, 1.82) is 0 Å². The molecule has 0 saturated carbocycles. The molecule has 0 bridgehead atoms. The number of ether oxygens (including phenoxy) is 1. The van der Waals surface area contributed by atoms with E-state index < -0.39 is 0 Å². The fourth-order valence-electron chi connectivity index (χ4n) is 1.80. The molecular weight excluding hydrogens is 208 g/mol. The Bertz CT molecular complexity index is 427. The van der Waals surface area contributed by atoms with Gasteiger partial charge in [0.15, 0.2) is 0 Å². The van der Waals surface area contributed by atoms with Gasteiger partial charge in [0.1, 0.15) is 0 Å². The van der Waals surface area contributed by atoms with Gasteiger partial charge in [0.2, 0.25) is 0 Å². The molecule has 0 aliphatic rings. The van der Waals surface area contributed by atoms with Crippen LogP contribution in [0.25, 0.3) is 10.8 Å². The Morgan fingerprint density at radius 2 is 1.47 bits per heavy atom. The second-order valence-electron chi connectivity index (χ2n) is 3.77. The van der Waals surface area contributed by atoms with Crippen molar-refractivity contribution in [3.05, 3.63) is 48.0 Å². The first kappa shape index (κ1) is 13.7. The molecule has 0 fully saturated rings. The highest BCUT2D eigenvalue weighted by Crippen LogP contribution is 2.18. The van der Waals surface area contributed by atoms with Gasteiger partial charge in [0.05, 0.1) is 0 Å². The monoisotopic (exact) mass is 230 g/mol. The summed E-state index contributed by atoms with van der Waals surface area (Å²) in [4.78, 5) is 0. The minimum Gasteiger partial charge on any atom is -0.382 e. The van der Waals surface area contributed by atoms with Crippen molar-refractivity contribution in [1.82, 2.24) is 0 Å². The molecule has 1 nitrogen and oxygen atoms in total. The molecule has 0 heterocycles. The summed E-state index contributed by atoms with van der Waals surface area (Å²) in [5.74, 6) is 0. The number of benzene rings is 2. The van der Waals surface area contributed by atoms with Crippen LogP contribution in [0.2, 0.25) is 0 Å². The number of hydrogen-bond donors (Lipinski definition) is 0. The Kier molecular flexibility index (Phi) is 6.34. The van der Waals surface area contributed by atoms with E-state index in [2.05, 4.69) is 49.4 Å². The molecule has 0 unspecified atom stereocenters. The highest BCUT2D eigenvalue weighted by molar-refractivity contribution is 5.85. The van der Waals surface area contributed by atoms with Gasteiger partial charge in [0, 0.05) is 13.2 Å². The molecule has 0 atom stereocenters. The molecule has 0 N–H and O–H groups in total. The lowest BCUT2D eigenvalue weighted by molar-refractivity contribution is 0.162. The lowest BCUT2D eigenvalue weighted by Gasteiger charge is -2.02. The van der Waals surface area contributed by atoms with E-state index in [4.69, 9.17) is 4.74 Å². The number of fused-ring (bicyclic) bond motifs is 1. The van der Waals surface area contributed by atoms with Gasteiger partial charge >= 0.3 is 0 Å². The zero-order valence-electron chi connectivity index (χ0n) is 11.1. The highest BCUT2D eigenvalue weighted by atomic mass is 16.5. The number of aryl methyl sites for hydroxylation is 1. The summed E-state index contributed by atoms with van der Waals surface area (Å²) >= 11 is 0. The third-order valence-electron chi connectivity index (χ3n) is 2.67. The summed E-state index contributed by atoms with van der Waals surface area (Å²) in [6.07, 6.45) is 1.11. The largest absolute Gasteiger partial charge is 0.382 e. The van der Waals surface area contributed by atoms with Crippen molar-refractivity contribution in [2.75, 3.05) is 13.2 Å². The van der Waals surface area contributed by atoms with Crippen LogP contribution in [0.15, 0.2) is 42.5 Å². The van der Waals surface area contributed by atoms with Crippen LogP contribution in [-0.4, -0.2) is 13.2 Å². The van der Waals surface area contributed by atoms with Crippen LogP contribution >= 0.6 is 0 Å². The zero-order chi connectivity index (χ0) is 12.5. The fourth-order valence-corrected chi connectivity index (χ4v) is 1.80. The molecule has 2 aromatic rings. The average molecular weight is 230 g/mol. The Morgan fingerprint density at radius 1 is 0.824 bits per heavy atom. The van der Waals surface area contributed by atoms with Gasteiger partial charge < -0.3 is 4.74 Å². The first-order valence-corrected chi connectivity index (χ1v) is 6.37. The minimum atomic E-state index is 0.844. The van der Waals surface area contributed by atoms with Crippen LogP contribution < -0.4 is 0 Å². The number of rotatable bonds is 3. The standard InChI is InChI=1S/C12H12.C4H10O/c1-2-10-7-5-8-11-6-3-4-9-12(10)11;1-3-5-4-2/h3-9H,2H2,1H3;3-4H2,1-2H3. The molecule has 0 spiro atoms. The summed E-state index contributed by atoms with van der Waals surface area (Å²) < 4.78 is 4.83. The Hall–Kier alpha value is -1.34. The van der Waals surface area contributed by atoms with Gasteiger partial charge in [-0.1, -0.05) is 49.4 Å². The van der Waals surface area contributed by atoms with Gasteiger partial charge in [-0.2, -0.15) is 0 Å². The molecular formula is C16H22O. The lowest BCUT2D eigenvalue weighted by Crippen LogP contribution is -1.84. The molecule has 17 heavy (non-hydrogen) atoms. The van der Waals surface area contributed by atoms with Crippen LogP contribution in [0.5, 0.6) is 0 Å². The third-order valence-corrected chi connectivity index (χ3v) is 2.67. The second kappa shape index (κ2) is 7.86. The molecule has 0 aromatic heterocycles. The predicted molar refractivity (Wildman–Crippen MR) is 75.5 cm³/mol. The van der Waals surface area contributed by atoms with E-state index in [1.807, 2.05) is 13.8 Å². The predicted octanol–water partition coefficient (Wildman–Crippen LogP) is 4.45. The summed E-state index contributed by atoms with van der Waals surface area (Å²) in [6.45, 7) is 7.86. The van der Waals surface area contributed by atoms with Gasteiger partial charge in [-0.05, 0) is 36.6 Å². The summed E-state index contributed by atoms with van der Waals surface area (Å²) in [5.41, 5.74) is 1.44. The van der Waals surface area contributed by atoms with Gasteiger partial charge in [-0.25, -0.2) is 0 Å². The Morgan fingerprint density at radius 3 is 2.06 bits per heavy atom. The molecule has 1 heteroatoms. The molecule has 92 valence electrons. The summed E-state index contributed by atoms with van der Waals surface area (Å²) in [6, 6.07) is 15.0. The SMILES string of the molecule is CCOCC.CCc1cccc2ccccc12. The van der Waals surface area contributed by atoms with E-state index in [1.54, 1.807) is 0 Å². The topological polar surface area (TPSA) is 9.23 Å². The van der Waals surface area contributed by atoms with E-state index >= 15 is 0 Å². The molecule has 0 aliphatic heterocycles. The van der Waals surface area contributed by atoms with Gasteiger partial charge in [-0.15, -0.1) is 0 Å². The maximum atomic E-state index is 4.83. The van der Waals surface area contributed by atoms with E-state index in [0.29, 0.717) is 0 Å². The van der Waals surface area contributed by atoms with Crippen LogP contribution in [0.1, 0.15) is 26.3 Å². The normalized spacial score (nSPS) is 9.82. The Labute approximate surface area is 104 Å². The second-order valence-corrected chi connectivity index (χ2v) is 3.77. The van der Waals surface area contributed by atoms with E-state index in [-0.39, 0.29) is 0 Å². The lowest BCUT2D eigenvalue weighted by atomic mass is 10.0. The molecule has 2 rings (SSSR count). The third kappa shape index (κ3) is 4.20. The minimum absolute atomic E-state index is 0.844. The maximum absolute atomic E-state index is 4.83. The average Bonchev–Trinajstić information content (AvgIpc) is 2.40. The van der Waals surface area contributed by atoms with Crippen molar-refractivity contribution in [2.24, 2.45) is 0 Å². The molecule has 2 aromatic carbocycles. The summed E-state index contributed by atoms with van der Waals surface area (Å²) in [7, 11) is 0. The van der Waals surface area contributed by atoms with Crippen molar-refractivity contribution < 1.29 is 4.74 Å². The molecule has 0 saturated heterocycles. The fraction of sp³-hybridized carbons (Fsp3) is 0.375. The van der Waals surface area contributed by atoms with Crippen molar-refractivity contribution in [2.45, 2.75) is 27.2 Å². The summed E-state index contributed by atoms with van der Waals surface area (Å²) in [5, 5.41) is 2.74. The van der Waals surface area contributed by atoms with Crippen LogP contribution in [0.3, 0.4) is 0 Å². The quantitative estimate of drug-likeness (QED) is 0.757. The first-order chi connectivity index (χ1) is 8.33. The van der Waals surface area contributed by atoms with Gasteiger partial charge in [-0.3, -0.25) is 0 Å². The van der Waals surface area contributed by atoms with Crippen LogP contribution in [0.4, 0.5) is 0 Å². The maximum Gasteiger partial charge on any atom is 0.0437 e. The Balaban J connectivity index is 0.000000249. The molecule has 0 aliphatic carbocycles. The van der Waals surface area contributed by atoms with Crippen molar-refractivity contribution >= 4 is 10.8 Å². The van der Waals surface area contributed by atoms with Crippen molar-refractivity contribution in [3.63, 3.8) is 0 Å². The number of hydrogen-bond acceptors (Lipinski definition) is 1. The molecule has 0 amide bonds. The van der Waals surface area contributed by atoms with E-state index in [0.717, 1.165) is 19.6 Å².